The van der Waals surface area contributed by atoms with E-state index in [9.17, 15) is 13.2 Å². The summed E-state index contributed by atoms with van der Waals surface area (Å²) in [6.07, 6.45) is 2.07. The van der Waals surface area contributed by atoms with Crippen LogP contribution < -0.4 is 5.32 Å². The van der Waals surface area contributed by atoms with E-state index in [1.807, 2.05) is 0 Å². The number of fused-ring (bicyclic) bond motifs is 1. The number of aromatic nitrogens is 3. The Morgan fingerprint density at radius 1 is 1.43 bits per heavy atom. The summed E-state index contributed by atoms with van der Waals surface area (Å²) in [7, 11) is -3.01. The Kier molecular flexibility index (Phi) is 4.73. The summed E-state index contributed by atoms with van der Waals surface area (Å²) in [4.78, 5) is 11.9. The summed E-state index contributed by atoms with van der Waals surface area (Å²) in [5.41, 5.74) is 0.459. The second-order valence-corrected chi connectivity index (χ2v) is 9.15. The molecule has 1 aliphatic heterocycles. The first kappa shape index (κ1) is 16.8. The molecule has 1 saturated heterocycles. The zero-order chi connectivity index (χ0) is 16.6. The van der Waals surface area contributed by atoms with Crippen LogP contribution in [0.3, 0.4) is 0 Å². The van der Waals surface area contributed by atoms with Gasteiger partial charge in [-0.25, -0.2) is 8.42 Å². The topological polar surface area (TPSA) is 93.4 Å². The van der Waals surface area contributed by atoms with Crippen molar-refractivity contribution in [3.8, 4) is 0 Å². The van der Waals surface area contributed by atoms with Crippen molar-refractivity contribution >= 4 is 56.4 Å². The number of carbonyl (C=O) groups is 1. The SMILES string of the molecule is O=C(CSc1nnc2c(Cl)cc(Cl)cn12)N[C@@H]1CCS(=O)(=O)C1. The first-order valence-corrected chi connectivity index (χ1v) is 10.2. The minimum atomic E-state index is -3.01. The molecule has 2 aromatic heterocycles. The van der Waals surface area contributed by atoms with Crippen molar-refractivity contribution in [2.45, 2.75) is 17.6 Å². The molecule has 0 saturated carbocycles. The van der Waals surface area contributed by atoms with E-state index in [0.717, 1.165) is 0 Å². The van der Waals surface area contributed by atoms with Gasteiger partial charge in [0, 0.05) is 12.2 Å². The molecule has 0 spiro atoms. The second kappa shape index (κ2) is 6.46. The number of carbonyl (C=O) groups excluding carboxylic acids is 1. The van der Waals surface area contributed by atoms with E-state index in [-0.39, 0.29) is 29.2 Å². The van der Waals surface area contributed by atoms with Crippen LogP contribution in [0, 0.1) is 0 Å². The quantitative estimate of drug-likeness (QED) is 0.788. The maximum Gasteiger partial charge on any atom is 0.230 e. The molecular formula is C12H12Cl2N4O3S2. The van der Waals surface area contributed by atoms with E-state index in [1.54, 1.807) is 16.7 Å². The van der Waals surface area contributed by atoms with Gasteiger partial charge < -0.3 is 5.32 Å². The van der Waals surface area contributed by atoms with Crippen LogP contribution in [-0.2, 0) is 14.6 Å². The van der Waals surface area contributed by atoms with E-state index in [1.165, 1.54) is 11.8 Å². The third kappa shape index (κ3) is 3.90. The van der Waals surface area contributed by atoms with E-state index >= 15 is 0 Å². The van der Waals surface area contributed by atoms with Crippen molar-refractivity contribution in [3.05, 3.63) is 22.3 Å². The molecule has 0 aliphatic carbocycles. The van der Waals surface area contributed by atoms with Gasteiger partial charge in [-0.05, 0) is 12.5 Å². The van der Waals surface area contributed by atoms with Gasteiger partial charge in [0.15, 0.2) is 20.6 Å². The van der Waals surface area contributed by atoms with Crippen LogP contribution in [0.2, 0.25) is 10.0 Å². The summed E-state index contributed by atoms with van der Waals surface area (Å²) >= 11 is 13.2. The lowest BCUT2D eigenvalue weighted by Crippen LogP contribution is -2.36. The van der Waals surface area contributed by atoms with Crippen molar-refractivity contribution in [2.75, 3.05) is 17.3 Å². The lowest BCUT2D eigenvalue weighted by atomic mass is 10.3. The third-order valence-corrected chi connectivity index (χ3v) is 6.52. The molecule has 7 nitrogen and oxygen atoms in total. The Morgan fingerprint density at radius 3 is 2.91 bits per heavy atom. The number of nitrogens with zero attached hydrogens (tertiary/aromatic N) is 3. The van der Waals surface area contributed by atoms with Crippen molar-refractivity contribution in [2.24, 2.45) is 0 Å². The van der Waals surface area contributed by atoms with E-state index in [0.29, 0.717) is 27.3 Å². The fourth-order valence-electron chi connectivity index (χ4n) is 2.31. The summed E-state index contributed by atoms with van der Waals surface area (Å²) in [6, 6.07) is 1.25. The molecule has 23 heavy (non-hydrogen) atoms. The van der Waals surface area contributed by atoms with Crippen LogP contribution in [0.4, 0.5) is 0 Å². The first-order valence-electron chi connectivity index (χ1n) is 6.66. The van der Waals surface area contributed by atoms with Gasteiger partial charge in [-0.3, -0.25) is 9.20 Å². The highest BCUT2D eigenvalue weighted by Gasteiger charge is 2.28. The summed E-state index contributed by atoms with van der Waals surface area (Å²) in [6.45, 7) is 0. The number of rotatable bonds is 4. The molecule has 2 aromatic rings. The molecule has 11 heteroatoms. The average molecular weight is 395 g/mol. The zero-order valence-electron chi connectivity index (χ0n) is 11.7. The normalized spacial score (nSPS) is 20.0. The van der Waals surface area contributed by atoms with Crippen molar-refractivity contribution in [1.82, 2.24) is 19.9 Å². The fourth-order valence-corrected chi connectivity index (χ4v) is 5.21. The molecular weight excluding hydrogens is 383 g/mol. The Bertz CT molecular complexity index is 869. The largest absolute Gasteiger partial charge is 0.352 e. The monoisotopic (exact) mass is 394 g/mol. The summed E-state index contributed by atoms with van der Waals surface area (Å²) in [5.74, 6) is -0.0251. The molecule has 1 atom stereocenters. The molecule has 1 N–H and O–H groups in total. The van der Waals surface area contributed by atoms with Crippen molar-refractivity contribution < 1.29 is 13.2 Å². The number of nitrogens with one attached hydrogen (secondary N) is 1. The minimum absolute atomic E-state index is 0.00247. The molecule has 1 fully saturated rings. The van der Waals surface area contributed by atoms with Crippen molar-refractivity contribution in [1.29, 1.82) is 0 Å². The predicted molar refractivity (Wildman–Crippen MR) is 88.9 cm³/mol. The van der Waals surface area contributed by atoms with Gasteiger partial charge in [0.2, 0.25) is 5.91 Å². The van der Waals surface area contributed by atoms with E-state index in [2.05, 4.69) is 15.5 Å². The summed E-state index contributed by atoms with van der Waals surface area (Å²) in [5, 5.41) is 11.9. The van der Waals surface area contributed by atoms with E-state index in [4.69, 9.17) is 23.2 Å². The fraction of sp³-hybridized carbons (Fsp3) is 0.417. The van der Waals surface area contributed by atoms with Gasteiger partial charge in [-0.1, -0.05) is 35.0 Å². The third-order valence-electron chi connectivity index (χ3n) is 3.33. The average Bonchev–Trinajstić information content (AvgIpc) is 3.00. The highest BCUT2D eigenvalue weighted by Crippen LogP contribution is 2.25. The van der Waals surface area contributed by atoms with Gasteiger partial charge in [-0.15, -0.1) is 10.2 Å². The second-order valence-electron chi connectivity index (χ2n) is 5.14. The van der Waals surface area contributed by atoms with Gasteiger partial charge in [0.1, 0.15) is 0 Å². The smallest absolute Gasteiger partial charge is 0.230 e. The Balaban J connectivity index is 1.63. The molecule has 0 radical (unpaired) electrons. The molecule has 0 unspecified atom stereocenters. The van der Waals surface area contributed by atoms with Crippen molar-refractivity contribution in [3.63, 3.8) is 0 Å². The van der Waals surface area contributed by atoms with Gasteiger partial charge in [-0.2, -0.15) is 0 Å². The van der Waals surface area contributed by atoms with Crippen LogP contribution in [0.15, 0.2) is 17.4 Å². The molecule has 1 amide bonds. The number of hydrogen-bond acceptors (Lipinski definition) is 6. The maximum atomic E-state index is 11.9. The Hall–Kier alpha value is -1.03. The predicted octanol–water partition coefficient (Wildman–Crippen LogP) is 1.43. The molecule has 3 heterocycles. The lowest BCUT2D eigenvalue weighted by molar-refractivity contribution is -0.119. The number of hydrogen-bond donors (Lipinski definition) is 1. The van der Waals surface area contributed by atoms with Gasteiger partial charge in [0.05, 0.1) is 27.3 Å². The molecule has 124 valence electrons. The summed E-state index contributed by atoms with van der Waals surface area (Å²) < 4.78 is 24.4. The number of sulfone groups is 1. The van der Waals surface area contributed by atoms with Crippen LogP contribution in [-0.4, -0.2) is 52.2 Å². The number of pyridine rings is 1. The standard InChI is InChI=1S/C12H12Cl2N4O3S2/c13-7-3-9(14)11-16-17-12(18(11)4-7)22-5-10(19)15-8-1-2-23(20,21)6-8/h3-4,8H,1-2,5-6H2,(H,15,19)/t8-/m1/s1. The molecule has 0 aromatic carbocycles. The first-order chi connectivity index (χ1) is 10.8. The zero-order valence-corrected chi connectivity index (χ0v) is 14.8. The molecule has 1 aliphatic rings. The van der Waals surface area contributed by atoms with Crippen LogP contribution in [0.1, 0.15) is 6.42 Å². The van der Waals surface area contributed by atoms with Crippen LogP contribution in [0.25, 0.3) is 5.65 Å². The number of halogens is 2. The maximum absolute atomic E-state index is 11.9. The van der Waals surface area contributed by atoms with Crippen LogP contribution in [0.5, 0.6) is 0 Å². The highest BCUT2D eigenvalue weighted by molar-refractivity contribution is 7.99. The Morgan fingerprint density at radius 2 is 2.22 bits per heavy atom. The molecule has 3 rings (SSSR count). The number of amides is 1. The highest BCUT2D eigenvalue weighted by atomic mass is 35.5. The number of thioether (sulfide) groups is 1. The van der Waals surface area contributed by atoms with E-state index < -0.39 is 9.84 Å². The minimum Gasteiger partial charge on any atom is -0.352 e. The van der Waals surface area contributed by atoms with Crippen LogP contribution >= 0.6 is 35.0 Å². The van der Waals surface area contributed by atoms with Gasteiger partial charge >= 0.3 is 0 Å². The van der Waals surface area contributed by atoms with Gasteiger partial charge in [0.25, 0.3) is 0 Å². The lowest BCUT2D eigenvalue weighted by Gasteiger charge is -2.10. The Labute approximate surface area is 146 Å². The molecule has 0 bridgehead atoms.